The van der Waals surface area contributed by atoms with Crippen molar-refractivity contribution in [2.45, 2.75) is 6.18 Å². The van der Waals surface area contributed by atoms with E-state index >= 15 is 52.7 Å². The second-order valence-corrected chi connectivity index (χ2v) is 14.1. The molecule has 0 saturated carbocycles. The van der Waals surface area contributed by atoms with Crippen LogP contribution in [-0.2, 0) is 6.18 Å². The molecule has 71 heavy (non-hydrogen) atoms. The van der Waals surface area contributed by atoms with Crippen LogP contribution in [0.5, 0.6) is 0 Å². The van der Waals surface area contributed by atoms with Crippen LogP contribution in [0.15, 0.2) is 36.4 Å². The maximum atomic E-state index is 16.3. The molecular weight excluding hydrogens is 1040 g/mol. The van der Waals surface area contributed by atoms with Crippen molar-refractivity contribution >= 4 is 17.1 Å². The Hall–Kier alpha value is -7.55. The average Bonchev–Trinajstić information content (AvgIpc) is 3.31. The first-order valence-corrected chi connectivity index (χ1v) is 18.0. The molecule has 1 nitrogen and oxygen atoms in total. The average molecular weight is 1050 g/mol. The molecule has 0 saturated heterocycles. The summed E-state index contributed by atoms with van der Waals surface area (Å²) < 4.78 is 403. The van der Waals surface area contributed by atoms with E-state index in [9.17, 15) is 65.9 Å². The van der Waals surface area contributed by atoms with Crippen molar-refractivity contribution in [2.24, 2.45) is 0 Å². The zero-order valence-corrected chi connectivity index (χ0v) is 32.6. The van der Waals surface area contributed by atoms with E-state index in [1.54, 1.807) is 0 Å². The van der Waals surface area contributed by atoms with E-state index in [1.807, 2.05) is 0 Å². The number of hydrogen-bond acceptors (Lipinski definition) is 1. The zero-order valence-electron chi connectivity index (χ0n) is 32.6. The van der Waals surface area contributed by atoms with Gasteiger partial charge in [-0.25, -0.2) is 105 Å². The molecule has 0 aliphatic rings. The van der Waals surface area contributed by atoms with Gasteiger partial charge in [-0.3, -0.25) is 0 Å². The molecule has 0 atom stereocenters. The lowest BCUT2D eigenvalue weighted by Crippen LogP contribution is -2.21. The molecule has 0 N–H and O–H groups in total. The first-order chi connectivity index (χ1) is 32.9. The van der Waals surface area contributed by atoms with E-state index in [4.69, 9.17) is 0 Å². The molecular formula is C43H6F27N. The minimum absolute atomic E-state index is 0.273. The summed E-state index contributed by atoms with van der Waals surface area (Å²) in [5.41, 5.74) is -27.9. The molecule has 372 valence electrons. The lowest BCUT2D eigenvalue weighted by molar-refractivity contribution is -0.143. The maximum absolute atomic E-state index is 16.3. The molecule has 0 bridgehead atoms. The summed E-state index contributed by atoms with van der Waals surface area (Å²) in [5.74, 6) is -74.0. The first kappa shape index (κ1) is 51.3. The van der Waals surface area contributed by atoms with Crippen molar-refractivity contribution < 1.29 is 119 Å². The van der Waals surface area contributed by atoms with E-state index in [2.05, 4.69) is 0 Å². The summed E-state index contributed by atoms with van der Waals surface area (Å²) in [6.45, 7) is 0. The predicted molar refractivity (Wildman–Crippen MR) is 187 cm³/mol. The Bertz CT molecular complexity index is 2960. The Labute approximate surface area is 372 Å². The fourth-order valence-corrected chi connectivity index (χ4v) is 6.96. The molecule has 0 aliphatic heterocycles. The molecule has 7 aromatic rings. The van der Waals surface area contributed by atoms with E-state index in [-0.39, 0.29) is 36.4 Å². The van der Waals surface area contributed by atoms with Gasteiger partial charge in [0.05, 0.1) is 22.3 Å². The van der Waals surface area contributed by atoms with Gasteiger partial charge in [0, 0.05) is 11.4 Å². The fourth-order valence-electron chi connectivity index (χ4n) is 6.96. The molecule has 0 radical (unpaired) electrons. The summed E-state index contributed by atoms with van der Waals surface area (Å²) in [5, 5.41) is 0. The van der Waals surface area contributed by atoms with Crippen LogP contribution in [0.2, 0.25) is 0 Å². The Balaban J connectivity index is 1.79. The highest BCUT2D eigenvalue weighted by molar-refractivity contribution is 5.89. The van der Waals surface area contributed by atoms with Gasteiger partial charge in [0.1, 0.15) is 11.3 Å². The Kier molecular flexibility index (Phi) is 12.8. The van der Waals surface area contributed by atoms with E-state index in [0.29, 0.717) is 0 Å². The monoisotopic (exact) mass is 1050 g/mol. The van der Waals surface area contributed by atoms with Crippen LogP contribution >= 0.6 is 0 Å². The standard InChI is InChI=1S/C43H6F27N/c44-18-13(19(45)29(55)36(62)28(18)54)7-1-8(14-20(46)30(56)37(63)31(57)21(14)47)4-11(3-7)71(42-40(66)26(52)17(43(68,69)70)27(53)41(42)67)12-5-9(15-22(48)32(58)38(64)33(59)23(15)49)2-10(6-12)16-24(50)34(60)39(65)35(61)25(16)51/h1-6H. The van der Waals surface area contributed by atoms with Crippen LogP contribution in [0.1, 0.15) is 5.56 Å². The molecule has 0 amide bonds. The molecule has 0 aromatic heterocycles. The van der Waals surface area contributed by atoms with E-state index in [0.717, 1.165) is 0 Å². The molecule has 0 heterocycles. The summed E-state index contributed by atoms with van der Waals surface area (Å²) in [6.07, 6.45) is -6.49. The highest BCUT2D eigenvalue weighted by Crippen LogP contribution is 2.50. The van der Waals surface area contributed by atoms with E-state index in [1.165, 1.54) is 0 Å². The van der Waals surface area contributed by atoms with Gasteiger partial charge >= 0.3 is 6.18 Å². The first-order valence-electron chi connectivity index (χ1n) is 18.0. The van der Waals surface area contributed by atoms with Crippen molar-refractivity contribution in [2.75, 3.05) is 4.90 Å². The second-order valence-electron chi connectivity index (χ2n) is 14.1. The van der Waals surface area contributed by atoms with Gasteiger partial charge in [0.25, 0.3) is 0 Å². The third-order valence-corrected chi connectivity index (χ3v) is 10.1. The van der Waals surface area contributed by atoms with Crippen LogP contribution in [-0.4, -0.2) is 0 Å². The molecule has 0 spiro atoms. The molecule has 28 heteroatoms. The smallest absolute Gasteiger partial charge is 0.305 e. The highest BCUT2D eigenvalue weighted by atomic mass is 19.4. The number of alkyl halides is 3. The quantitative estimate of drug-likeness (QED) is 0.0874. The Morgan fingerprint density at radius 3 is 0.592 bits per heavy atom. The van der Waals surface area contributed by atoms with Gasteiger partial charge in [-0.05, 0) is 58.7 Å². The minimum atomic E-state index is -6.49. The summed E-state index contributed by atoms with van der Waals surface area (Å²) in [6, 6.07) is -1.92. The normalized spacial score (nSPS) is 11.9. The van der Waals surface area contributed by atoms with Crippen molar-refractivity contribution in [1.29, 1.82) is 0 Å². The van der Waals surface area contributed by atoms with Crippen LogP contribution in [0.3, 0.4) is 0 Å². The number of hydrogen-bond donors (Lipinski definition) is 0. The largest absolute Gasteiger partial charge is 0.422 e. The van der Waals surface area contributed by atoms with Crippen LogP contribution in [0.4, 0.5) is 136 Å². The van der Waals surface area contributed by atoms with Gasteiger partial charge < -0.3 is 4.90 Å². The predicted octanol–water partition coefficient (Wildman–Crippen LogP) is 16.2. The lowest BCUT2D eigenvalue weighted by Gasteiger charge is -2.29. The van der Waals surface area contributed by atoms with Gasteiger partial charge in [-0.1, -0.05) is 0 Å². The van der Waals surface area contributed by atoms with E-state index < -0.39 is 218 Å². The van der Waals surface area contributed by atoms with Crippen LogP contribution < -0.4 is 4.90 Å². The summed E-state index contributed by atoms with van der Waals surface area (Å²) >= 11 is 0. The molecule has 7 rings (SSSR count). The number of rotatable bonds is 7. The molecule has 0 fully saturated rings. The topological polar surface area (TPSA) is 3.24 Å². The van der Waals surface area contributed by atoms with Crippen molar-refractivity contribution in [1.82, 2.24) is 0 Å². The number of halogens is 27. The SMILES string of the molecule is Fc1c(F)c(F)c(-c2cc(-c3c(F)c(F)c(F)c(F)c3F)cc(N(c3cc(-c4c(F)c(F)c(F)c(F)c4F)cc(-c4c(F)c(F)c(F)c(F)c4F)c3)c3c(F)c(F)c(C(F)(F)F)c(F)c3F)c2)c(F)c1F. The molecule has 0 unspecified atom stereocenters. The highest BCUT2D eigenvalue weighted by Gasteiger charge is 2.44. The Morgan fingerprint density at radius 2 is 0.408 bits per heavy atom. The minimum Gasteiger partial charge on any atom is -0.305 e. The molecule has 7 aromatic carbocycles. The number of nitrogens with zero attached hydrogens (tertiary/aromatic N) is 1. The van der Waals surface area contributed by atoms with Crippen LogP contribution in [0.25, 0.3) is 44.5 Å². The van der Waals surface area contributed by atoms with Crippen molar-refractivity contribution in [3.63, 3.8) is 0 Å². The van der Waals surface area contributed by atoms with Gasteiger partial charge in [-0.2, -0.15) is 13.2 Å². The van der Waals surface area contributed by atoms with Gasteiger partial charge in [0.2, 0.25) is 23.3 Å². The Morgan fingerprint density at radius 1 is 0.225 bits per heavy atom. The third kappa shape index (κ3) is 7.85. The molecule has 0 aliphatic carbocycles. The number of benzene rings is 7. The van der Waals surface area contributed by atoms with Crippen LogP contribution in [0, 0.1) is 140 Å². The van der Waals surface area contributed by atoms with Gasteiger partial charge in [-0.15, -0.1) is 0 Å². The summed E-state index contributed by atoms with van der Waals surface area (Å²) in [7, 11) is 0. The second kappa shape index (κ2) is 17.7. The maximum Gasteiger partial charge on any atom is 0.422 e. The fraction of sp³-hybridized carbons (Fsp3) is 0.0233. The van der Waals surface area contributed by atoms with Crippen molar-refractivity contribution in [3.05, 3.63) is 182 Å². The van der Waals surface area contributed by atoms with Crippen molar-refractivity contribution in [3.8, 4) is 44.5 Å². The third-order valence-electron chi connectivity index (χ3n) is 10.1. The van der Waals surface area contributed by atoms with Gasteiger partial charge in [0.15, 0.2) is 116 Å². The summed E-state index contributed by atoms with van der Waals surface area (Å²) in [4.78, 5) is -0.937. The zero-order chi connectivity index (χ0) is 53.1. The number of anilines is 3. The lowest BCUT2D eigenvalue weighted by atomic mass is 9.93.